The van der Waals surface area contributed by atoms with Gasteiger partial charge >= 0.3 is 0 Å². The Labute approximate surface area is 149 Å². The van der Waals surface area contributed by atoms with Gasteiger partial charge in [-0.15, -0.1) is 0 Å². The van der Waals surface area contributed by atoms with Crippen molar-refractivity contribution in [2.75, 3.05) is 37.7 Å². The molecule has 1 atom stereocenters. The summed E-state index contributed by atoms with van der Waals surface area (Å²) in [6, 6.07) is 0. The van der Waals surface area contributed by atoms with E-state index in [1.165, 1.54) is 6.42 Å². The number of fused-ring (bicyclic) bond motifs is 1. The highest BCUT2D eigenvalue weighted by molar-refractivity contribution is 7.91. The summed E-state index contributed by atoms with van der Waals surface area (Å²) in [7, 11) is -1.08. The van der Waals surface area contributed by atoms with E-state index in [2.05, 4.69) is 9.88 Å². The SMILES string of the molecule is CCS(=O)(=O)CCN1Cc2ncn(C)c2C(C(=O)N2CCCCC2)C1. The molecule has 0 saturated carbocycles. The van der Waals surface area contributed by atoms with Crippen molar-refractivity contribution in [2.24, 2.45) is 7.05 Å². The molecule has 1 unspecified atom stereocenters. The Morgan fingerprint density at radius 1 is 1.28 bits per heavy atom. The molecule has 140 valence electrons. The summed E-state index contributed by atoms with van der Waals surface area (Å²) in [5, 5.41) is 0. The van der Waals surface area contributed by atoms with Gasteiger partial charge in [0.15, 0.2) is 9.84 Å². The third kappa shape index (κ3) is 4.06. The zero-order valence-electron chi connectivity index (χ0n) is 15.1. The van der Waals surface area contributed by atoms with Crippen LogP contribution in [0.25, 0.3) is 0 Å². The van der Waals surface area contributed by atoms with E-state index < -0.39 is 9.84 Å². The molecule has 0 aromatic carbocycles. The lowest BCUT2D eigenvalue weighted by Crippen LogP contribution is -2.46. The lowest BCUT2D eigenvalue weighted by Gasteiger charge is -2.36. The molecular weight excluding hydrogens is 340 g/mol. The standard InChI is InChI=1S/C17H28N4O3S/c1-3-25(23,24)10-9-20-11-14(16-15(12-20)18-13-19(16)2)17(22)21-7-5-4-6-8-21/h13-14H,3-12H2,1-2H3. The zero-order valence-corrected chi connectivity index (χ0v) is 16.0. The highest BCUT2D eigenvalue weighted by Gasteiger charge is 2.36. The van der Waals surface area contributed by atoms with E-state index in [1.54, 1.807) is 13.3 Å². The van der Waals surface area contributed by atoms with Crippen LogP contribution >= 0.6 is 0 Å². The summed E-state index contributed by atoms with van der Waals surface area (Å²) in [6.45, 7) is 4.96. The van der Waals surface area contributed by atoms with Crippen molar-refractivity contribution in [2.45, 2.75) is 38.6 Å². The minimum absolute atomic E-state index is 0.135. The number of carbonyl (C=O) groups excluding carboxylic acids is 1. The molecule has 2 aliphatic heterocycles. The van der Waals surface area contributed by atoms with Crippen LogP contribution in [0.15, 0.2) is 6.33 Å². The third-order valence-electron chi connectivity index (χ3n) is 5.33. The second-order valence-corrected chi connectivity index (χ2v) is 9.57. The van der Waals surface area contributed by atoms with Crippen LogP contribution in [0.5, 0.6) is 0 Å². The first-order chi connectivity index (χ1) is 11.9. The number of hydrogen-bond acceptors (Lipinski definition) is 5. The molecule has 0 aliphatic carbocycles. The van der Waals surface area contributed by atoms with Crippen LogP contribution in [0.1, 0.15) is 43.5 Å². The van der Waals surface area contributed by atoms with Crippen molar-refractivity contribution in [3.05, 3.63) is 17.7 Å². The number of imidazole rings is 1. The van der Waals surface area contributed by atoms with E-state index in [9.17, 15) is 13.2 Å². The first-order valence-electron chi connectivity index (χ1n) is 9.13. The van der Waals surface area contributed by atoms with Crippen LogP contribution in [0.3, 0.4) is 0 Å². The minimum atomic E-state index is -3.01. The number of carbonyl (C=O) groups is 1. The molecule has 1 aromatic rings. The molecule has 0 radical (unpaired) electrons. The molecule has 3 rings (SSSR count). The number of aromatic nitrogens is 2. The maximum atomic E-state index is 13.1. The van der Waals surface area contributed by atoms with Gasteiger partial charge in [-0.3, -0.25) is 9.69 Å². The number of piperidine rings is 1. The molecule has 7 nitrogen and oxygen atoms in total. The molecule has 0 spiro atoms. The van der Waals surface area contributed by atoms with Gasteiger partial charge in [0.25, 0.3) is 0 Å². The van der Waals surface area contributed by atoms with Crippen LogP contribution in [0.2, 0.25) is 0 Å². The lowest BCUT2D eigenvalue weighted by molar-refractivity contribution is -0.134. The van der Waals surface area contributed by atoms with Crippen LogP contribution in [0, 0.1) is 0 Å². The fourth-order valence-corrected chi connectivity index (χ4v) is 4.62. The predicted octanol–water partition coefficient (Wildman–Crippen LogP) is 0.767. The van der Waals surface area contributed by atoms with Crippen molar-refractivity contribution in [3.8, 4) is 0 Å². The molecule has 1 saturated heterocycles. The number of amides is 1. The zero-order chi connectivity index (χ0) is 18.0. The van der Waals surface area contributed by atoms with Crippen LogP contribution in [0.4, 0.5) is 0 Å². The number of nitrogens with zero attached hydrogens (tertiary/aromatic N) is 4. The van der Waals surface area contributed by atoms with Crippen LogP contribution < -0.4 is 0 Å². The van der Waals surface area contributed by atoms with Gasteiger partial charge in [0.1, 0.15) is 0 Å². The highest BCUT2D eigenvalue weighted by Crippen LogP contribution is 2.29. The van der Waals surface area contributed by atoms with Crippen molar-refractivity contribution >= 4 is 15.7 Å². The van der Waals surface area contributed by atoms with Gasteiger partial charge in [0.2, 0.25) is 5.91 Å². The predicted molar refractivity (Wildman–Crippen MR) is 96.0 cm³/mol. The number of aryl methyl sites for hydroxylation is 1. The summed E-state index contributed by atoms with van der Waals surface area (Å²) in [5.74, 6) is 0.202. The second-order valence-electron chi connectivity index (χ2n) is 7.10. The highest BCUT2D eigenvalue weighted by atomic mass is 32.2. The molecule has 25 heavy (non-hydrogen) atoms. The number of hydrogen-bond donors (Lipinski definition) is 0. The fraction of sp³-hybridized carbons (Fsp3) is 0.765. The van der Waals surface area contributed by atoms with Crippen molar-refractivity contribution in [1.82, 2.24) is 19.4 Å². The average molecular weight is 369 g/mol. The monoisotopic (exact) mass is 368 g/mol. The Morgan fingerprint density at radius 3 is 2.68 bits per heavy atom. The molecule has 0 bridgehead atoms. The summed E-state index contributed by atoms with van der Waals surface area (Å²) in [6.07, 6.45) is 5.07. The Hall–Kier alpha value is -1.41. The van der Waals surface area contributed by atoms with Gasteiger partial charge in [0.05, 0.1) is 29.4 Å². The van der Waals surface area contributed by atoms with Crippen molar-refractivity contribution < 1.29 is 13.2 Å². The number of sulfone groups is 1. The van der Waals surface area contributed by atoms with Gasteiger partial charge in [0, 0.05) is 45.5 Å². The molecule has 1 aromatic heterocycles. The Kier molecular flexibility index (Phi) is 5.48. The summed E-state index contributed by atoms with van der Waals surface area (Å²) < 4.78 is 25.6. The number of likely N-dealkylation sites (tertiary alicyclic amines) is 1. The maximum Gasteiger partial charge on any atom is 0.233 e. The van der Waals surface area contributed by atoms with Crippen LogP contribution in [-0.4, -0.2) is 71.4 Å². The average Bonchev–Trinajstić information content (AvgIpc) is 3.00. The molecule has 0 N–H and O–H groups in total. The lowest BCUT2D eigenvalue weighted by atomic mass is 9.95. The molecule has 2 aliphatic rings. The van der Waals surface area contributed by atoms with E-state index >= 15 is 0 Å². The van der Waals surface area contributed by atoms with E-state index in [1.807, 2.05) is 16.5 Å². The van der Waals surface area contributed by atoms with Crippen molar-refractivity contribution in [1.29, 1.82) is 0 Å². The Balaban J connectivity index is 1.78. The summed E-state index contributed by atoms with van der Waals surface area (Å²) >= 11 is 0. The molecule has 3 heterocycles. The second kappa shape index (κ2) is 7.45. The first-order valence-corrected chi connectivity index (χ1v) is 10.9. The van der Waals surface area contributed by atoms with E-state index in [-0.39, 0.29) is 23.3 Å². The third-order valence-corrected chi connectivity index (χ3v) is 7.02. The number of rotatable bonds is 5. The van der Waals surface area contributed by atoms with Gasteiger partial charge in [-0.25, -0.2) is 13.4 Å². The van der Waals surface area contributed by atoms with E-state index in [0.717, 1.165) is 37.3 Å². The Bertz CT molecular complexity index is 722. The van der Waals surface area contributed by atoms with E-state index in [4.69, 9.17) is 0 Å². The first kappa shape index (κ1) is 18.4. The molecule has 8 heteroatoms. The Morgan fingerprint density at radius 2 is 2.00 bits per heavy atom. The minimum Gasteiger partial charge on any atom is -0.342 e. The summed E-state index contributed by atoms with van der Waals surface area (Å²) in [5.41, 5.74) is 1.89. The molecule has 1 amide bonds. The molecule has 1 fully saturated rings. The summed E-state index contributed by atoms with van der Waals surface area (Å²) in [4.78, 5) is 21.6. The normalized spacial score (nSPS) is 22.0. The van der Waals surface area contributed by atoms with Gasteiger partial charge in [-0.05, 0) is 19.3 Å². The van der Waals surface area contributed by atoms with E-state index in [0.29, 0.717) is 19.6 Å². The van der Waals surface area contributed by atoms with Gasteiger partial charge < -0.3 is 9.47 Å². The maximum absolute atomic E-state index is 13.1. The van der Waals surface area contributed by atoms with Gasteiger partial charge in [-0.2, -0.15) is 0 Å². The smallest absolute Gasteiger partial charge is 0.233 e. The fourth-order valence-electron chi connectivity index (χ4n) is 3.79. The largest absolute Gasteiger partial charge is 0.342 e. The van der Waals surface area contributed by atoms with Crippen molar-refractivity contribution in [3.63, 3.8) is 0 Å². The topological polar surface area (TPSA) is 75.5 Å². The molecular formula is C17H28N4O3S. The van der Waals surface area contributed by atoms with Crippen LogP contribution in [-0.2, 0) is 28.2 Å². The van der Waals surface area contributed by atoms with Gasteiger partial charge in [-0.1, -0.05) is 6.92 Å². The quantitative estimate of drug-likeness (QED) is 0.767.